The molecule has 7 heteroatoms. The first kappa shape index (κ1) is 19.0. The van der Waals surface area contributed by atoms with E-state index in [9.17, 15) is 4.79 Å². The van der Waals surface area contributed by atoms with Crippen LogP contribution in [0.2, 0.25) is 0 Å². The Labute approximate surface area is 172 Å². The fraction of sp³-hybridized carbons (Fsp3) is 0.182. The van der Waals surface area contributed by atoms with Gasteiger partial charge in [0.05, 0.1) is 7.11 Å². The van der Waals surface area contributed by atoms with E-state index in [-0.39, 0.29) is 17.5 Å². The summed E-state index contributed by atoms with van der Waals surface area (Å²) in [5.74, 6) is 0.226. The molecule has 0 aliphatic rings. The average molecular weight is 404 g/mol. The van der Waals surface area contributed by atoms with Crippen molar-refractivity contribution in [2.75, 3.05) is 12.4 Å². The van der Waals surface area contributed by atoms with Gasteiger partial charge in [-0.05, 0) is 29.5 Å². The molecule has 0 saturated carbocycles. The fourth-order valence-electron chi connectivity index (χ4n) is 3.26. The Morgan fingerprint density at radius 1 is 1.10 bits per heavy atom. The predicted molar refractivity (Wildman–Crippen MR) is 115 cm³/mol. The SMILES string of the molecule is CCC(c1ccccc1)c1nnc(NC(=O)c2cc3ccccc3c(OC)n2)s1. The number of anilines is 1. The number of carbonyl (C=O) groups is 1. The Bertz CT molecular complexity index is 1140. The van der Waals surface area contributed by atoms with Gasteiger partial charge in [0.2, 0.25) is 11.0 Å². The summed E-state index contributed by atoms with van der Waals surface area (Å²) < 4.78 is 5.35. The number of rotatable bonds is 6. The average Bonchev–Trinajstić information content (AvgIpc) is 3.22. The second-order valence-electron chi connectivity index (χ2n) is 6.51. The van der Waals surface area contributed by atoms with Crippen LogP contribution in [-0.4, -0.2) is 28.2 Å². The van der Waals surface area contributed by atoms with Crippen molar-refractivity contribution >= 4 is 33.1 Å². The zero-order valence-electron chi connectivity index (χ0n) is 16.1. The van der Waals surface area contributed by atoms with Gasteiger partial charge in [-0.15, -0.1) is 10.2 Å². The highest BCUT2D eigenvalue weighted by molar-refractivity contribution is 7.15. The first-order valence-electron chi connectivity index (χ1n) is 9.33. The van der Waals surface area contributed by atoms with Gasteiger partial charge in [0.15, 0.2) is 0 Å². The molecule has 1 unspecified atom stereocenters. The first-order valence-corrected chi connectivity index (χ1v) is 10.1. The lowest BCUT2D eigenvalue weighted by Crippen LogP contribution is -2.14. The lowest BCUT2D eigenvalue weighted by molar-refractivity contribution is 0.102. The molecule has 0 bridgehead atoms. The van der Waals surface area contributed by atoms with Crippen LogP contribution in [0.5, 0.6) is 5.88 Å². The van der Waals surface area contributed by atoms with Crippen molar-refractivity contribution < 1.29 is 9.53 Å². The summed E-state index contributed by atoms with van der Waals surface area (Å²) in [4.78, 5) is 17.1. The Hall–Kier alpha value is -3.32. The van der Waals surface area contributed by atoms with Crippen LogP contribution in [0.4, 0.5) is 5.13 Å². The van der Waals surface area contributed by atoms with Gasteiger partial charge in [-0.1, -0.05) is 66.8 Å². The summed E-state index contributed by atoms with van der Waals surface area (Å²) in [5, 5.41) is 14.3. The molecule has 2 aromatic carbocycles. The number of benzene rings is 2. The van der Waals surface area contributed by atoms with E-state index in [1.54, 1.807) is 13.2 Å². The number of amides is 1. The van der Waals surface area contributed by atoms with E-state index in [2.05, 4.69) is 39.6 Å². The monoisotopic (exact) mass is 404 g/mol. The van der Waals surface area contributed by atoms with Gasteiger partial charge in [-0.2, -0.15) is 0 Å². The molecule has 0 fully saturated rings. The summed E-state index contributed by atoms with van der Waals surface area (Å²) in [6.45, 7) is 2.11. The van der Waals surface area contributed by atoms with Gasteiger partial charge in [-0.3, -0.25) is 10.1 Å². The molecular formula is C22H20N4O2S. The quantitative estimate of drug-likeness (QED) is 0.495. The topological polar surface area (TPSA) is 77.0 Å². The molecule has 4 aromatic rings. The molecule has 29 heavy (non-hydrogen) atoms. The number of hydrogen-bond acceptors (Lipinski definition) is 6. The third kappa shape index (κ3) is 3.95. The van der Waals surface area contributed by atoms with E-state index in [4.69, 9.17) is 4.74 Å². The molecule has 146 valence electrons. The van der Waals surface area contributed by atoms with Gasteiger partial charge in [0, 0.05) is 11.3 Å². The fourth-order valence-corrected chi connectivity index (χ4v) is 4.21. The summed E-state index contributed by atoms with van der Waals surface area (Å²) in [6.07, 6.45) is 0.899. The molecule has 0 aliphatic heterocycles. The van der Waals surface area contributed by atoms with Gasteiger partial charge in [0.1, 0.15) is 10.7 Å². The number of nitrogens with zero attached hydrogens (tertiary/aromatic N) is 3. The van der Waals surface area contributed by atoms with Crippen molar-refractivity contribution in [2.24, 2.45) is 0 Å². The van der Waals surface area contributed by atoms with Gasteiger partial charge >= 0.3 is 0 Å². The molecular weight excluding hydrogens is 384 g/mol. The Kier molecular flexibility index (Phi) is 5.48. The maximum atomic E-state index is 12.8. The van der Waals surface area contributed by atoms with Crippen LogP contribution < -0.4 is 10.1 Å². The van der Waals surface area contributed by atoms with Gasteiger partial charge in [-0.25, -0.2) is 4.98 Å². The van der Waals surface area contributed by atoms with Crippen molar-refractivity contribution in [1.29, 1.82) is 0 Å². The lowest BCUT2D eigenvalue weighted by Gasteiger charge is -2.11. The third-order valence-corrected chi connectivity index (χ3v) is 5.65. The van der Waals surface area contributed by atoms with Crippen molar-refractivity contribution in [2.45, 2.75) is 19.3 Å². The van der Waals surface area contributed by atoms with Crippen LogP contribution in [0.25, 0.3) is 10.8 Å². The molecule has 0 spiro atoms. The Balaban J connectivity index is 1.57. The van der Waals surface area contributed by atoms with Crippen LogP contribution in [0.1, 0.15) is 40.3 Å². The van der Waals surface area contributed by atoms with Crippen molar-refractivity contribution in [1.82, 2.24) is 15.2 Å². The molecule has 4 rings (SSSR count). The highest BCUT2D eigenvalue weighted by Crippen LogP contribution is 2.32. The highest BCUT2D eigenvalue weighted by Gasteiger charge is 2.19. The van der Waals surface area contributed by atoms with E-state index in [0.29, 0.717) is 11.0 Å². The number of pyridine rings is 1. The molecule has 2 aromatic heterocycles. The van der Waals surface area contributed by atoms with E-state index >= 15 is 0 Å². The minimum absolute atomic E-state index is 0.151. The van der Waals surface area contributed by atoms with Crippen molar-refractivity contribution in [3.8, 4) is 5.88 Å². The molecule has 0 saturated heterocycles. The maximum absolute atomic E-state index is 12.8. The Morgan fingerprint density at radius 2 is 1.86 bits per heavy atom. The minimum atomic E-state index is -0.343. The lowest BCUT2D eigenvalue weighted by atomic mass is 9.97. The summed E-state index contributed by atoms with van der Waals surface area (Å²) in [7, 11) is 1.54. The van der Waals surface area contributed by atoms with Crippen LogP contribution >= 0.6 is 11.3 Å². The third-order valence-electron chi connectivity index (χ3n) is 4.70. The van der Waals surface area contributed by atoms with Crippen LogP contribution in [0.15, 0.2) is 60.7 Å². The largest absolute Gasteiger partial charge is 0.481 e. The van der Waals surface area contributed by atoms with Gasteiger partial charge in [0.25, 0.3) is 5.91 Å². The summed E-state index contributed by atoms with van der Waals surface area (Å²) >= 11 is 1.38. The first-order chi connectivity index (χ1) is 14.2. The predicted octanol–water partition coefficient (Wildman–Crippen LogP) is 4.89. The maximum Gasteiger partial charge on any atom is 0.276 e. The van der Waals surface area contributed by atoms with Gasteiger partial charge < -0.3 is 4.74 Å². The Morgan fingerprint density at radius 3 is 2.62 bits per heavy atom. The van der Waals surface area contributed by atoms with Crippen LogP contribution in [0, 0.1) is 0 Å². The van der Waals surface area contributed by atoms with Crippen LogP contribution in [0.3, 0.4) is 0 Å². The van der Waals surface area contributed by atoms with E-state index in [0.717, 1.165) is 22.2 Å². The summed E-state index contributed by atoms with van der Waals surface area (Å²) in [6, 6.07) is 19.6. The van der Waals surface area contributed by atoms with Crippen molar-refractivity contribution in [3.63, 3.8) is 0 Å². The standard InChI is InChI=1S/C22H20N4O2S/c1-3-16(14-9-5-4-6-10-14)21-25-26-22(29-21)24-19(27)18-13-15-11-7-8-12-17(15)20(23-18)28-2/h4-13,16H,3H2,1-2H3,(H,24,26,27). The zero-order chi connectivity index (χ0) is 20.2. The number of methoxy groups -OCH3 is 1. The number of ether oxygens (including phenoxy) is 1. The molecule has 6 nitrogen and oxygen atoms in total. The number of hydrogen-bond donors (Lipinski definition) is 1. The molecule has 1 atom stereocenters. The second-order valence-corrected chi connectivity index (χ2v) is 7.52. The zero-order valence-corrected chi connectivity index (χ0v) is 16.9. The number of carbonyl (C=O) groups excluding carboxylic acids is 1. The summed E-state index contributed by atoms with van der Waals surface area (Å²) in [5.41, 5.74) is 1.46. The smallest absolute Gasteiger partial charge is 0.276 e. The molecule has 1 amide bonds. The van der Waals surface area contributed by atoms with Crippen molar-refractivity contribution in [3.05, 3.63) is 76.9 Å². The van der Waals surface area contributed by atoms with E-state index < -0.39 is 0 Å². The molecule has 0 aliphatic carbocycles. The number of nitrogens with one attached hydrogen (secondary N) is 1. The normalized spacial score (nSPS) is 11.9. The molecule has 0 radical (unpaired) electrons. The van der Waals surface area contributed by atoms with E-state index in [1.165, 1.54) is 16.9 Å². The number of aromatic nitrogens is 3. The minimum Gasteiger partial charge on any atom is -0.481 e. The molecule has 2 heterocycles. The number of fused-ring (bicyclic) bond motifs is 1. The second kappa shape index (κ2) is 8.36. The molecule has 1 N–H and O–H groups in total. The van der Waals surface area contributed by atoms with E-state index in [1.807, 2.05) is 42.5 Å². The van der Waals surface area contributed by atoms with Crippen LogP contribution in [-0.2, 0) is 0 Å². The highest BCUT2D eigenvalue weighted by atomic mass is 32.1.